The van der Waals surface area contributed by atoms with Gasteiger partial charge in [-0.1, -0.05) is 6.07 Å². The normalized spacial score (nSPS) is 13.8. The summed E-state index contributed by atoms with van der Waals surface area (Å²) < 4.78 is 11.3. The van der Waals surface area contributed by atoms with Crippen molar-refractivity contribution in [1.82, 2.24) is 5.32 Å². The van der Waals surface area contributed by atoms with Crippen LogP contribution in [0.15, 0.2) is 18.2 Å². The molecule has 1 aliphatic rings. The minimum Gasteiger partial charge on any atom is -0.490 e. The maximum atomic E-state index is 10.6. The van der Waals surface area contributed by atoms with Gasteiger partial charge < -0.3 is 20.5 Å². The first-order valence-electron chi connectivity index (χ1n) is 7.13. The van der Waals surface area contributed by atoms with Crippen LogP contribution in [0.4, 0.5) is 0 Å². The van der Waals surface area contributed by atoms with Crippen LogP contribution in [-0.2, 0) is 11.3 Å². The van der Waals surface area contributed by atoms with E-state index in [1.807, 2.05) is 18.2 Å². The monoisotopic (exact) mass is 278 g/mol. The number of carbonyl (C=O) groups is 1. The number of primary amides is 1. The molecule has 0 aromatic heterocycles. The quantitative estimate of drug-likeness (QED) is 0.743. The number of amides is 1. The summed E-state index contributed by atoms with van der Waals surface area (Å²) in [5.74, 6) is 1.43. The first-order valence-corrected chi connectivity index (χ1v) is 7.13. The molecule has 20 heavy (non-hydrogen) atoms. The molecule has 1 aromatic rings. The molecular formula is C15H22N2O3. The minimum atomic E-state index is -0.229. The van der Waals surface area contributed by atoms with Crippen molar-refractivity contribution in [2.45, 2.75) is 32.2 Å². The third kappa shape index (κ3) is 4.74. The molecule has 1 aliphatic heterocycles. The third-order valence-electron chi connectivity index (χ3n) is 3.17. The molecule has 0 fully saturated rings. The second-order valence-corrected chi connectivity index (χ2v) is 4.93. The third-order valence-corrected chi connectivity index (χ3v) is 3.17. The molecule has 110 valence electrons. The van der Waals surface area contributed by atoms with Crippen molar-refractivity contribution >= 4 is 5.91 Å². The lowest BCUT2D eigenvalue weighted by atomic mass is 10.2. The van der Waals surface area contributed by atoms with Crippen LogP contribution >= 0.6 is 0 Å². The number of unbranched alkanes of at least 4 members (excludes halogenated alkanes) is 1. The van der Waals surface area contributed by atoms with Crippen molar-refractivity contribution < 1.29 is 14.3 Å². The highest BCUT2D eigenvalue weighted by Gasteiger charge is 2.10. The van der Waals surface area contributed by atoms with Gasteiger partial charge in [-0.05, 0) is 37.1 Å². The average molecular weight is 278 g/mol. The van der Waals surface area contributed by atoms with Crippen LogP contribution in [0.2, 0.25) is 0 Å². The molecule has 0 spiro atoms. The summed E-state index contributed by atoms with van der Waals surface area (Å²) in [7, 11) is 0. The van der Waals surface area contributed by atoms with E-state index in [0.29, 0.717) is 19.6 Å². The average Bonchev–Trinajstić information content (AvgIpc) is 2.67. The Labute approximate surface area is 119 Å². The van der Waals surface area contributed by atoms with Crippen LogP contribution in [0.5, 0.6) is 11.5 Å². The van der Waals surface area contributed by atoms with E-state index in [-0.39, 0.29) is 5.91 Å². The number of rotatable bonds is 7. The zero-order chi connectivity index (χ0) is 14.2. The molecular weight excluding hydrogens is 256 g/mol. The lowest BCUT2D eigenvalue weighted by Gasteiger charge is -2.10. The topological polar surface area (TPSA) is 73.6 Å². The van der Waals surface area contributed by atoms with Crippen molar-refractivity contribution in [3.63, 3.8) is 0 Å². The van der Waals surface area contributed by atoms with Gasteiger partial charge in [0.2, 0.25) is 5.91 Å². The molecule has 0 atom stereocenters. The molecule has 1 heterocycles. The summed E-state index contributed by atoms with van der Waals surface area (Å²) in [6.45, 7) is 3.08. The molecule has 0 aliphatic carbocycles. The van der Waals surface area contributed by atoms with Gasteiger partial charge in [0.15, 0.2) is 11.5 Å². The predicted octanol–water partition coefficient (Wildman–Crippen LogP) is 1.59. The van der Waals surface area contributed by atoms with Gasteiger partial charge in [0.05, 0.1) is 13.2 Å². The summed E-state index contributed by atoms with van der Waals surface area (Å²) in [6, 6.07) is 6.03. The lowest BCUT2D eigenvalue weighted by Crippen LogP contribution is -2.16. The van der Waals surface area contributed by atoms with E-state index in [2.05, 4.69) is 5.32 Å². The van der Waals surface area contributed by atoms with Gasteiger partial charge in [0, 0.05) is 19.4 Å². The van der Waals surface area contributed by atoms with E-state index < -0.39 is 0 Å². The maximum Gasteiger partial charge on any atom is 0.217 e. The van der Waals surface area contributed by atoms with Crippen LogP contribution in [0.3, 0.4) is 0 Å². The summed E-state index contributed by atoms with van der Waals surface area (Å²) in [6.07, 6.45) is 3.17. The number of nitrogens with two attached hydrogens (primary N) is 1. The van der Waals surface area contributed by atoms with Gasteiger partial charge >= 0.3 is 0 Å². The summed E-state index contributed by atoms with van der Waals surface area (Å²) in [5.41, 5.74) is 6.26. The Morgan fingerprint density at radius 2 is 2.00 bits per heavy atom. The first kappa shape index (κ1) is 14.7. The molecule has 5 nitrogen and oxygen atoms in total. The standard InChI is InChI=1S/C15H22N2O3/c16-15(18)4-1-2-7-17-11-12-5-6-13-14(10-12)20-9-3-8-19-13/h5-6,10,17H,1-4,7-9,11H2,(H2,16,18). The fraction of sp³-hybridized carbons (Fsp3) is 0.533. The lowest BCUT2D eigenvalue weighted by molar-refractivity contribution is -0.118. The highest BCUT2D eigenvalue weighted by molar-refractivity contribution is 5.73. The molecule has 0 radical (unpaired) electrons. The number of hydrogen-bond donors (Lipinski definition) is 2. The highest BCUT2D eigenvalue weighted by atomic mass is 16.5. The van der Waals surface area contributed by atoms with Gasteiger partial charge in [-0.3, -0.25) is 4.79 Å². The van der Waals surface area contributed by atoms with E-state index in [9.17, 15) is 4.79 Å². The number of nitrogens with one attached hydrogen (secondary N) is 1. The van der Waals surface area contributed by atoms with Gasteiger partial charge in [0.25, 0.3) is 0 Å². The highest BCUT2D eigenvalue weighted by Crippen LogP contribution is 2.30. The number of benzene rings is 1. The number of fused-ring (bicyclic) bond motifs is 1. The van der Waals surface area contributed by atoms with Gasteiger partial charge in [-0.25, -0.2) is 0 Å². The molecule has 0 saturated heterocycles. The van der Waals surface area contributed by atoms with Crippen molar-refractivity contribution in [3.05, 3.63) is 23.8 Å². The molecule has 1 amide bonds. The Morgan fingerprint density at radius 3 is 2.80 bits per heavy atom. The van der Waals surface area contributed by atoms with Crippen molar-refractivity contribution in [2.24, 2.45) is 5.73 Å². The number of ether oxygens (including phenoxy) is 2. The maximum absolute atomic E-state index is 10.6. The predicted molar refractivity (Wildman–Crippen MR) is 76.8 cm³/mol. The Morgan fingerprint density at radius 1 is 1.20 bits per heavy atom. The fourth-order valence-corrected chi connectivity index (χ4v) is 2.10. The Balaban J connectivity index is 1.73. The Kier molecular flexibility index (Phi) is 5.68. The molecule has 3 N–H and O–H groups in total. The van der Waals surface area contributed by atoms with E-state index in [0.717, 1.165) is 43.9 Å². The summed E-state index contributed by atoms with van der Waals surface area (Å²) >= 11 is 0. The molecule has 2 rings (SSSR count). The SMILES string of the molecule is NC(=O)CCCCNCc1ccc2c(c1)OCCCO2. The van der Waals surface area contributed by atoms with Crippen LogP contribution in [0.1, 0.15) is 31.2 Å². The smallest absolute Gasteiger partial charge is 0.217 e. The van der Waals surface area contributed by atoms with E-state index in [4.69, 9.17) is 15.2 Å². The molecule has 1 aromatic carbocycles. The largest absolute Gasteiger partial charge is 0.490 e. The Hall–Kier alpha value is -1.75. The van der Waals surface area contributed by atoms with Gasteiger partial charge in [-0.2, -0.15) is 0 Å². The van der Waals surface area contributed by atoms with Crippen LogP contribution in [0.25, 0.3) is 0 Å². The van der Waals surface area contributed by atoms with Crippen LogP contribution in [0, 0.1) is 0 Å². The van der Waals surface area contributed by atoms with E-state index >= 15 is 0 Å². The molecule has 0 saturated carbocycles. The van der Waals surface area contributed by atoms with Gasteiger partial charge in [0.1, 0.15) is 0 Å². The minimum absolute atomic E-state index is 0.229. The number of hydrogen-bond acceptors (Lipinski definition) is 4. The van der Waals surface area contributed by atoms with E-state index in [1.165, 1.54) is 5.56 Å². The van der Waals surface area contributed by atoms with Gasteiger partial charge in [-0.15, -0.1) is 0 Å². The fourth-order valence-electron chi connectivity index (χ4n) is 2.10. The summed E-state index contributed by atoms with van der Waals surface area (Å²) in [5, 5.41) is 3.35. The van der Waals surface area contributed by atoms with E-state index in [1.54, 1.807) is 0 Å². The van der Waals surface area contributed by atoms with Crippen LogP contribution < -0.4 is 20.5 Å². The van der Waals surface area contributed by atoms with Crippen molar-refractivity contribution in [2.75, 3.05) is 19.8 Å². The first-order chi connectivity index (χ1) is 9.75. The van der Waals surface area contributed by atoms with Crippen molar-refractivity contribution in [1.29, 1.82) is 0 Å². The Bertz CT molecular complexity index is 449. The number of carbonyl (C=O) groups excluding carboxylic acids is 1. The second-order valence-electron chi connectivity index (χ2n) is 4.93. The van der Waals surface area contributed by atoms with Crippen LogP contribution in [-0.4, -0.2) is 25.7 Å². The second kappa shape index (κ2) is 7.75. The zero-order valence-corrected chi connectivity index (χ0v) is 11.7. The summed E-state index contributed by atoms with van der Waals surface area (Å²) in [4.78, 5) is 10.6. The zero-order valence-electron chi connectivity index (χ0n) is 11.7. The van der Waals surface area contributed by atoms with Crippen molar-refractivity contribution in [3.8, 4) is 11.5 Å². The molecule has 0 bridgehead atoms. The molecule has 0 unspecified atom stereocenters. The molecule has 5 heteroatoms.